The van der Waals surface area contributed by atoms with E-state index in [1.165, 1.54) is 56.9 Å². The van der Waals surface area contributed by atoms with Crippen LogP contribution in [0.5, 0.6) is 11.5 Å². The fourth-order valence-electron chi connectivity index (χ4n) is 4.57. The van der Waals surface area contributed by atoms with Crippen molar-refractivity contribution in [1.29, 1.82) is 0 Å². The quantitative estimate of drug-likeness (QED) is 0.480. The van der Waals surface area contributed by atoms with Crippen LogP contribution in [0, 0.1) is 5.92 Å². The number of methoxy groups -OCH3 is 2. The summed E-state index contributed by atoms with van der Waals surface area (Å²) in [7, 11) is 3.29. The Morgan fingerprint density at radius 1 is 0.800 bits per heavy atom. The van der Waals surface area contributed by atoms with Gasteiger partial charge in [0.2, 0.25) is 0 Å². The lowest BCUT2D eigenvalue weighted by Crippen LogP contribution is -2.05. The Morgan fingerprint density at radius 3 is 2.17 bits per heavy atom. The molecule has 0 saturated heterocycles. The smallest absolute Gasteiger partial charge is 0.162 e. The van der Waals surface area contributed by atoms with Crippen LogP contribution < -0.4 is 9.47 Å². The molecule has 2 aromatic heterocycles. The summed E-state index contributed by atoms with van der Waals surface area (Å²) < 4.78 is 10.8. The maximum absolute atomic E-state index is 5.43. The fraction of sp³-hybridized carbons (Fsp3) is 0.462. The number of pyridine rings is 2. The predicted octanol–water partition coefficient (Wildman–Crippen LogP) is 6.61. The summed E-state index contributed by atoms with van der Waals surface area (Å²) in [6.45, 7) is 0. The second kappa shape index (κ2) is 9.92. The molecule has 0 aliphatic heterocycles. The summed E-state index contributed by atoms with van der Waals surface area (Å²) in [4.78, 5) is 9.37. The first-order chi connectivity index (χ1) is 14.8. The Bertz CT molecular complexity index is 959. The minimum absolute atomic E-state index is 0.692. The molecule has 30 heavy (non-hydrogen) atoms. The van der Waals surface area contributed by atoms with E-state index in [-0.39, 0.29) is 0 Å². The zero-order valence-electron chi connectivity index (χ0n) is 18.2. The summed E-state index contributed by atoms with van der Waals surface area (Å²) >= 11 is 0. The molecule has 3 aromatic rings. The molecule has 4 heteroatoms. The number of hydrogen-bond donors (Lipinski definition) is 0. The summed E-state index contributed by atoms with van der Waals surface area (Å²) in [5.41, 5.74) is 4.21. The number of aromatic nitrogens is 2. The van der Waals surface area contributed by atoms with E-state index in [2.05, 4.69) is 29.4 Å². The summed E-state index contributed by atoms with van der Waals surface area (Å²) in [5, 5.41) is 1.02. The molecule has 1 fully saturated rings. The first-order valence-electron chi connectivity index (χ1n) is 11.2. The standard InChI is InChI=1S/C26H32N2O2/c1-29-25-15-21-14-22(18-28-24(21)16-26(25)30-2)23-12-11-20(17-27-23)13-19-9-7-5-3-4-6-8-10-19/h11-12,14-19H,3-10,13H2,1-2H3. The van der Waals surface area contributed by atoms with Crippen LogP contribution in [0.1, 0.15) is 56.9 Å². The highest BCUT2D eigenvalue weighted by Gasteiger charge is 2.13. The van der Waals surface area contributed by atoms with Crippen molar-refractivity contribution in [2.45, 2.75) is 57.8 Å². The highest BCUT2D eigenvalue weighted by molar-refractivity contribution is 5.86. The van der Waals surface area contributed by atoms with E-state index in [9.17, 15) is 0 Å². The van der Waals surface area contributed by atoms with Crippen LogP contribution in [0.25, 0.3) is 22.2 Å². The van der Waals surface area contributed by atoms with Gasteiger partial charge in [-0.15, -0.1) is 0 Å². The number of benzene rings is 1. The third kappa shape index (κ3) is 4.92. The number of fused-ring (bicyclic) bond motifs is 1. The molecule has 1 aromatic carbocycles. The normalized spacial score (nSPS) is 15.9. The molecule has 4 rings (SSSR count). The van der Waals surface area contributed by atoms with Gasteiger partial charge in [-0.3, -0.25) is 9.97 Å². The molecule has 0 bridgehead atoms. The van der Waals surface area contributed by atoms with E-state index in [0.29, 0.717) is 11.5 Å². The van der Waals surface area contributed by atoms with Gasteiger partial charge in [0.15, 0.2) is 11.5 Å². The van der Waals surface area contributed by atoms with Gasteiger partial charge in [0.25, 0.3) is 0 Å². The van der Waals surface area contributed by atoms with Crippen LogP contribution >= 0.6 is 0 Å². The van der Waals surface area contributed by atoms with Gasteiger partial charge in [0.1, 0.15) is 0 Å². The molecule has 1 aliphatic carbocycles. The van der Waals surface area contributed by atoms with Crippen molar-refractivity contribution in [2.75, 3.05) is 14.2 Å². The second-order valence-electron chi connectivity index (χ2n) is 8.44. The summed E-state index contributed by atoms with van der Waals surface area (Å²) in [5.74, 6) is 2.21. The largest absolute Gasteiger partial charge is 0.493 e. The third-order valence-corrected chi connectivity index (χ3v) is 6.31. The van der Waals surface area contributed by atoms with Crippen molar-refractivity contribution in [1.82, 2.24) is 9.97 Å². The Labute approximate surface area is 179 Å². The highest BCUT2D eigenvalue weighted by Crippen LogP contribution is 2.33. The molecular formula is C26H32N2O2. The lowest BCUT2D eigenvalue weighted by Gasteiger charge is -2.16. The third-order valence-electron chi connectivity index (χ3n) is 6.31. The van der Waals surface area contributed by atoms with Gasteiger partial charge in [0.05, 0.1) is 25.4 Å². The zero-order chi connectivity index (χ0) is 20.8. The molecular weight excluding hydrogens is 372 g/mol. The Hall–Kier alpha value is -2.62. The van der Waals surface area contributed by atoms with E-state index in [4.69, 9.17) is 14.5 Å². The monoisotopic (exact) mass is 404 g/mol. The van der Waals surface area contributed by atoms with Gasteiger partial charge in [-0.05, 0) is 36.1 Å². The zero-order valence-corrected chi connectivity index (χ0v) is 18.2. The van der Waals surface area contributed by atoms with Crippen LogP contribution in [0.4, 0.5) is 0 Å². The summed E-state index contributed by atoms with van der Waals surface area (Å²) in [6, 6.07) is 10.4. The molecule has 1 aliphatic rings. The molecule has 0 atom stereocenters. The van der Waals surface area contributed by atoms with E-state index in [1.807, 2.05) is 18.3 Å². The lowest BCUT2D eigenvalue weighted by molar-refractivity contribution is 0.356. The minimum atomic E-state index is 0.692. The maximum atomic E-state index is 5.43. The molecule has 0 radical (unpaired) electrons. The Kier molecular flexibility index (Phi) is 6.83. The highest BCUT2D eigenvalue weighted by atomic mass is 16.5. The molecule has 0 N–H and O–H groups in total. The Balaban J connectivity index is 1.50. The van der Waals surface area contributed by atoms with Crippen molar-refractivity contribution in [3.05, 3.63) is 48.3 Å². The van der Waals surface area contributed by atoms with Gasteiger partial charge in [0, 0.05) is 29.4 Å². The molecule has 4 nitrogen and oxygen atoms in total. The minimum Gasteiger partial charge on any atom is -0.493 e. The molecule has 0 spiro atoms. The SMILES string of the molecule is COc1cc2cc(-c3ccc(CC4CCCCCCCC4)cn3)cnc2cc1OC. The van der Waals surface area contributed by atoms with Crippen LogP contribution in [0.3, 0.4) is 0 Å². The predicted molar refractivity (Wildman–Crippen MR) is 122 cm³/mol. The molecule has 1 saturated carbocycles. The average Bonchev–Trinajstić information content (AvgIpc) is 2.92. The van der Waals surface area contributed by atoms with E-state index >= 15 is 0 Å². The van der Waals surface area contributed by atoms with Crippen LogP contribution in [-0.4, -0.2) is 24.2 Å². The van der Waals surface area contributed by atoms with Crippen molar-refractivity contribution in [2.24, 2.45) is 5.92 Å². The molecule has 158 valence electrons. The number of hydrogen-bond acceptors (Lipinski definition) is 4. The Morgan fingerprint density at radius 2 is 1.50 bits per heavy atom. The van der Waals surface area contributed by atoms with Gasteiger partial charge >= 0.3 is 0 Å². The second-order valence-corrected chi connectivity index (χ2v) is 8.44. The van der Waals surface area contributed by atoms with Crippen molar-refractivity contribution < 1.29 is 9.47 Å². The van der Waals surface area contributed by atoms with E-state index < -0.39 is 0 Å². The van der Waals surface area contributed by atoms with Crippen LogP contribution in [0.2, 0.25) is 0 Å². The summed E-state index contributed by atoms with van der Waals surface area (Å²) in [6.07, 6.45) is 16.2. The average molecular weight is 405 g/mol. The fourth-order valence-corrected chi connectivity index (χ4v) is 4.57. The topological polar surface area (TPSA) is 44.2 Å². The lowest BCUT2D eigenvalue weighted by atomic mass is 9.91. The first-order valence-corrected chi connectivity index (χ1v) is 11.2. The van der Waals surface area contributed by atoms with Crippen molar-refractivity contribution in [3.8, 4) is 22.8 Å². The van der Waals surface area contributed by atoms with Gasteiger partial charge < -0.3 is 9.47 Å². The number of ether oxygens (including phenoxy) is 2. The van der Waals surface area contributed by atoms with Crippen molar-refractivity contribution >= 4 is 10.9 Å². The van der Waals surface area contributed by atoms with Crippen LogP contribution in [-0.2, 0) is 6.42 Å². The van der Waals surface area contributed by atoms with E-state index in [1.54, 1.807) is 14.2 Å². The molecule has 2 heterocycles. The van der Waals surface area contributed by atoms with Gasteiger partial charge in [-0.1, -0.05) is 57.4 Å². The molecule has 0 amide bonds. The number of rotatable bonds is 5. The van der Waals surface area contributed by atoms with Crippen LogP contribution in [0.15, 0.2) is 42.7 Å². The van der Waals surface area contributed by atoms with Gasteiger partial charge in [-0.2, -0.15) is 0 Å². The molecule has 0 unspecified atom stereocenters. The number of nitrogens with zero attached hydrogens (tertiary/aromatic N) is 2. The van der Waals surface area contributed by atoms with E-state index in [0.717, 1.165) is 34.5 Å². The van der Waals surface area contributed by atoms with Gasteiger partial charge in [-0.25, -0.2) is 0 Å². The maximum Gasteiger partial charge on any atom is 0.162 e. The van der Waals surface area contributed by atoms with Crippen molar-refractivity contribution in [3.63, 3.8) is 0 Å². The first kappa shape index (κ1) is 20.6.